The molecule has 2 nitrogen and oxygen atoms in total. The van der Waals surface area contributed by atoms with Gasteiger partial charge in [-0.2, -0.15) is 0 Å². The number of hydrogen-bond acceptors (Lipinski definition) is 1. The van der Waals surface area contributed by atoms with Gasteiger partial charge >= 0.3 is 0 Å². The van der Waals surface area contributed by atoms with Gasteiger partial charge in [-0.25, -0.2) is 0 Å². The highest BCUT2D eigenvalue weighted by Gasteiger charge is 2.07. The molecule has 0 aliphatic rings. The third-order valence-electron chi connectivity index (χ3n) is 4.07. The van der Waals surface area contributed by atoms with E-state index < -0.39 is 0 Å². The number of benzene rings is 2. The first kappa shape index (κ1) is 12.8. The molecule has 0 bridgehead atoms. The summed E-state index contributed by atoms with van der Waals surface area (Å²) in [5.41, 5.74) is 6.05. The lowest BCUT2D eigenvalue weighted by Gasteiger charge is -2.09. The fourth-order valence-corrected chi connectivity index (χ4v) is 2.87. The highest BCUT2D eigenvalue weighted by atomic mass is 15.0. The predicted octanol–water partition coefficient (Wildman–Crippen LogP) is 5.00. The lowest BCUT2D eigenvalue weighted by atomic mass is 10.0. The van der Waals surface area contributed by atoms with E-state index in [1.807, 2.05) is 24.5 Å². The zero-order valence-corrected chi connectivity index (χ0v) is 12.4. The monoisotopic (exact) mass is 284 g/mol. The standard InChI is InChI=1S/C20H16N2/c1-15-9-11-21-14-20(15)22-12-10-18-13-17(7-8-19(18)22)16-5-3-2-4-6-16/h2-14H,1H3. The van der Waals surface area contributed by atoms with Crippen molar-refractivity contribution in [1.82, 2.24) is 9.55 Å². The van der Waals surface area contributed by atoms with Gasteiger partial charge in [-0.3, -0.25) is 4.98 Å². The minimum absolute atomic E-state index is 1.13. The molecule has 0 radical (unpaired) electrons. The van der Waals surface area contributed by atoms with Gasteiger partial charge < -0.3 is 4.57 Å². The fraction of sp³-hybridized carbons (Fsp3) is 0.0500. The van der Waals surface area contributed by atoms with Crippen molar-refractivity contribution in [2.24, 2.45) is 0 Å². The quantitative estimate of drug-likeness (QED) is 0.506. The maximum Gasteiger partial charge on any atom is 0.0668 e. The number of nitrogens with zero attached hydrogens (tertiary/aromatic N) is 2. The van der Waals surface area contributed by atoms with Crippen LogP contribution in [0, 0.1) is 6.92 Å². The summed E-state index contributed by atoms with van der Waals surface area (Å²) >= 11 is 0. The molecule has 0 saturated carbocycles. The summed E-state index contributed by atoms with van der Waals surface area (Å²) in [4.78, 5) is 4.25. The average molecular weight is 284 g/mol. The van der Waals surface area contributed by atoms with E-state index in [0.717, 1.165) is 5.69 Å². The van der Waals surface area contributed by atoms with Crippen LogP contribution in [0.5, 0.6) is 0 Å². The summed E-state index contributed by atoms with van der Waals surface area (Å²) in [6.45, 7) is 2.11. The van der Waals surface area contributed by atoms with E-state index in [9.17, 15) is 0 Å². The molecule has 0 amide bonds. The maximum absolute atomic E-state index is 4.25. The average Bonchev–Trinajstić information content (AvgIpc) is 2.99. The Balaban J connectivity index is 1.87. The molecule has 4 aromatic rings. The first-order valence-electron chi connectivity index (χ1n) is 7.40. The van der Waals surface area contributed by atoms with Crippen molar-refractivity contribution in [2.45, 2.75) is 6.92 Å². The van der Waals surface area contributed by atoms with E-state index in [2.05, 4.69) is 71.2 Å². The molecule has 0 aliphatic carbocycles. The van der Waals surface area contributed by atoms with Gasteiger partial charge in [0, 0.05) is 17.8 Å². The van der Waals surface area contributed by atoms with Gasteiger partial charge in [0.05, 0.1) is 17.4 Å². The van der Waals surface area contributed by atoms with Crippen molar-refractivity contribution < 1.29 is 0 Å². The molecular formula is C20H16N2. The zero-order chi connectivity index (χ0) is 14.9. The highest BCUT2D eigenvalue weighted by Crippen LogP contribution is 2.27. The molecule has 2 heteroatoms. The van der Waals surface area contributed by atoms with Crippen molar-refractivity contribution in [3.8, 4) is 16.8 Å². The summed E-state index contributed by atoms with van der Waals surface area (Å²) in [6.07, 6.45) is 5.86. The van der Waals surface area contributed by atoms with Crippen LogP contribution in [0.3, 0.4) is 0 Å². The molecule has 2 heterocycles. The molecule has 0 saturated heterocycles. The Morgan fingerprint density at radius 2 is 1.73 bits per heavy atom. The summed E-state index contributed by atoms with van der Waals surface area (Å²) in [6, 6.07) is 21.3. The minimum Gasteiger partial charge on any atom is -0.315 e. The summed E-state index contributed by atoms with van der Waals surface area (Å²) in [5, 5.41) is 1.24. The Labute approximate surface area is 129 Å². The van der Waals surface area contributed by atoms with Gasteiger partial charge in [-0.1, -0.05) is 36.4 Å². The van der Waals surface area contributed by atoms with E-state index in [1.165, 1.54) is 27.6 Å². The Hall–Kier alpha value is -2.87. The van der Waals surface area contributed by atoms with Gasteiger partial charge in [0.25, 0.3) is 0 Å². The first-order valence-corrected chi connectivity index (χ1v) is 7.40. The molecule has 106 valence electrons. The van der Waals surface area contributed by atoms with Crippen LogP contribution in [0.2, 0.25) is 0 Å². The van der Waals surface area contributed by atoms with Crippen LogP contribution in [0.4, 0.5) is 0 Å². The molecular weight excluding hydrogens is 268 g/mol. The second kappa shape index (κ2) is 5.15. The predicted molar refractivity (Wildman–Crippen MR) is 91.2 cm³/mol. The van der Waals surface area contributed by atoms with Crippen molar-refractivity contribution in [1.29, 1.82) is 0 Å². The number of fused-ring (bicyclic) bond motifs is 1. The second-order valence-corrected chi connectivity index (χ2v) is 5.49. The van der Waals surface area contributed by atoms with Crippen LogP contribution in [0.1, 0.15) is 5.56 Å². The van der Waals surface area contributed by atoms with Crippen LogP contribution < -0.4 is 0 Å². The molecule has 0 N–H and O–H groups in total. The molecule has 0 fully saturated rings. The normalized spacial score (nSPS) is 11.0. The highest BCUT2D eigenvalue weighted by molar-refractivity contribution is 5.87. The number of aromatic nitrogens is 2. The summed E-state index contributed by atoms with van der Waals surface area (Å²) in [7, 11) is 0. The van der Waals surface area contributed by atoms with Crippen molar-refractivity contribution in [3.63, 3.8) is 0 Å². The number of hydrogen-bond donors (Lipinski definition) is 0. The zero-order valence-electron chi connectivity index (χ0n) is 12.4. The van der Waals surface area contributed by atoms with Gasteiger partial charge in [0.15, 0.2) is 0 Å². The number of aryl methyl sites for hydroxylation is 1. The molecule has 22 heavy (non-hydrogen) atoms. The topological polar surface area (TPSA) is 17.8 Å². The lowest BCUT2D eigenvalue weighted by Crippen LogP contribution is -1.95. The maximum atomic E-state index is 4.25. The second-order valence-electron chi connectivity index (χ2n) is 5.49. The van der Waals surface area contributed by atoms with E-state index in [-0.39, 0.29) is 0 Å². The SMILES string of the molecule is Cc1ccncc1-n1ccc2cc(-c3ccccc3)ccc21. The molecule has 2 aromatic heterocycles. The Morgan fingerprint density at radius 3 is 2.55 bits per heavy atom. The third-order valence-corrected chi connectivity index (χ3v) is 4.07. The molecule has 0 atom stereocenters. The van der Waals surface area contributed by atoms with Crippen molar-refractivity contribution in [2.75, 3.05) is 0 Å². The fourth-order valence-electron chi connectivity index (χ4n) is 2.87. The molecule has 4 rings (SSSR count). The van der Waals surface area contributed by atoms with E-state index in [0.29, 0.717) is 0 Å². The summed E-state index contributed by atoms with van der Waals surface area (Å²) in [5.74, 6) is 0. The van der Waals surface area contributed by atoms with Crippen LogP contribution in [0.15, 0.2) is 79.3 Å². The number of pyridine rings is 1. The van der Waals surface area contributed by atoms with Crippen LogP contribution >= 0.6 is 0 Å². The van der Waals surface area contributed by atoms with Crippen LogP contribution in [0.25, 0.3) is 27.7 Å². The Kier molecular flexibility index (Phi) is 3.01. The van der Waals surface area contributed by atoms with E-state index in [4.69, 9.17) is 0 Å². The van der Waals surface area contributed by atoms with Crippen LogP contribution in [-0.4, -0.2) is 9.55 Å². The number of rotatable bonds is 2. The largest absolute Gasteiger partial charge is 0.315 e. The van der Waals surface area contributed by atoms with Gasteiger partial charge in [-0.15, -0.1) is 0 Å². The molecule has 0 aliphatic heterocycles. The lowest BCUT2D eigenvalue weighted by molar-refractivity contribution is 1.07. The minimum atomic E-state index is 1.13. The van der Waals surface area contributed by atoms with Gasteiger partial charge in [0.2, 0.25) is 0 Å². The van der Waals surface area contributed by atoms with Crippen molar-refractivity contribution in [3.05, 3.63) is 84.8 Å². The molecule has 0 unspecified atom stereocenters. The Bertz CT molecular complexity index is 936. The Morgan fingerprint density at radius 1 is 0.864 bits per heavy atom. The smallest absolute Gasteiger partial charge is 0.0668 e. The molecule has 0 spiro atoms. The molecule has 2 aromatic carbocycles. The first-order chi connectivity index (χ1) is 10.8. The summed E-state index contributed by atoms with van der Waals surface area (Å²) < 4.78 is 2.20. The van der Waals surface area contributed by atoms with Crippen molar-refractivity contribution >= 4 is 10.9 Å². The van der Waals surface area contributed by atoms with E-state index >= 15 is 0 Å². The van der Waals surface area contributed by atoms with Gasteiger partial charge in [0.1, 0.15) is 0 Å². The third kappa shape index (κ3) is 2.09. The van der Waals surface area contributed by atoms with Crippen LogP contribution in [-0.2, 0) is 0 Å². The van der Waals surface area contributed by atoms with Gasteiger partial charge in [-0.05, 0) is 47.9 Å². The van der Waals surface area contributed by atoms with E-state index in [1.54, 1.807) is 0 Å².